The van der Waals surface area contributed by atoms with Crippen LogP contribution in [-0.4, -0.2) is 48.0 Å². The molecular weight excluding hydrogens is 476 g/mol. The number of hydrogen-bond acceptors (Lipinski definition) is 5. The van der Waals surface area contributed by atoms with Crippen molar-refractivity contribution in [3.63, 3.8) is 0 Å². The van der Waals surface area contributed by atoms with Gasteiger partial charge in [0.25, 0.3) is 5.69 Å². The molecule has 2 aliphatic heterocycles. The number of carbonyl (C=O) groups excluding carboxylic acids is 1. The molecule has 2 atom stereocenters. The van der Waals surface area contributed by atoms with Gasteiger partial charge < -0.3 is 10.2 Å². The molecule has 8 heteroatoms. The van der Waals surface area contributed by atoms with E-state index in [-0.39, 0.29) is 28.5 Å². The summed E-state index contributed by atoms with van der Waals surface area (Å²) in [6.07, 6.45) is 1.25. The molecule has 0 bridgehead atoms. The van der Waals surface area contributed by atoms with Gasteiger partial charge in [-0.25, -0.2) is 0 Å². The molecule has 2 aliphatic rings. The van der Waals surface area contributed by atoms with E-state index in [1.54, 1.807) is 12.1 Å². The van der Waals surface area contributed by atoms with Gasteiger partial charge in [0.05, 0.1) is 16.9 Å². The van der Waals surface area contributed by atoms with Crippen LogP contribution in [0.3, 0.4) is 0 Å². The Morgan fingerprint density at radius 2 is 1.81 bits per heavy atom. The second-order valence-electron chi connectivity index (χ2n) is 9.53. The number of piperazine rings is 1. The van der Waals surface area contributed by atoms with Crippen molar-refractivity contribution in [1.29, 1.82) is 0 Å². The molecule has 1 N–H and O–H groups in total. The van der Waals surface area contributed by atoms with Crippen molar-refractivity contribution >= 4 is 28.9 Å². The van der Waals surface area contributed by atoms with Crippen LogP contribution in [0.5, 0.6) is 0 Å². The topological polar surface area (TPSA) is 78.7 Å². The van der Waals surface area contributed by atoms with Gasteiger partial charge in [-0.2, -0.15) is 0 Å². The average molecular weight is 505 g/mol. The Kier molecular flexibility index (Phi) is 7.20. The van der Waals surface area contributed by atoms with E-state index in [0.717, 1.165) is 43.9 Å². The smallest absolute Gasteiger partial charge is 0.269 e. The number of amides is 1. The molecule has 3 aromatic rings. The SMILES string of the molecule is O=C(NCCc1ccccc1)[C@@H]1Cc2cc([N+](=O)[O-])ccc2N2CCN(Cc3ccc(Cl)cc3)C[C@@H]12. The first-order valence-corrected chi connectivity index (χ1v) is 12.7. The zero-order valence-electron chi connectivity index (χ0n) is 20.0. The van der Waals surface area contributed by atoms with Crippen molar-refractivity contribution in [2.75, 3.05) is 31.1 Å². The first-order valence-electron chi connectivity index (χ1n) is 12.3. The van der Waals surface area contributed by atoms with Gasteiger partial charge in [0, 0.05) is 55.6 Å². The molecule has 3 aromatic carbocycles. The fraction of sp³-hybridized carbons (Fsp3) is 0.321. The number of nitrogens with one attached hydrogen (secondary N) is 1. The quantitative estimate of drug-likeness (QED) is 0.379. The summed E-state index contributed by atoms with van der Waals surface area (Å²) in [5.74, 6) is -0.283. The summed E-state index contributed by atoms with van der Waals surface area (Å²) in [5.41, 5.74) is 4.30. The highest BCUT2D eigenvalue weighted by Crippen LogP contribution is 2.38. The molecule has 7 nitrogen and oxygen atoms in total. The van der Waals surface area contributed by atoms with Crippen LogP contribution >= 0.6 is 11.6 Å². The molecule has 5 rings (SSSR count). The molecule has 0 aliphatic carbocycles. The lowest BCUT2D eigenvalue weighted by Crippen LogP contribution is -2.61. The minimum Gasteiger partial charge on any atom is -0.365 e. The standard InChI is InChI=1S/C28H29ClN4O3/c29-23-8-6-21(7-9-23)18-31-14-15-32-26-11-10-24(33(35)36)16-22(26)17-25(27(32)19-31)28(34)30-13-12-20-4-2-1-3-5-20/h1-11,16,25,27H,12-15,17-19H2,(H,30,34)/t25-,27+/m1/s1. The second kappa shape index (κ2) is 10.7. The van der Waals surface area contributed by atoms with E-state index >= 15 is 0 Å². The van der Waals surface area contributed by atoms with E-state index < -0.39 is 0 Å². The maximum atomic E-state index is 13.5. The van der Waals surface area contributed by atoms with Crippen molar-refractivity contribution in [3.05, 3.63) is 105 Å². The van der Waals surface area contributed by atoms with Crippen LogP contribution < -0.4 is 10.2 Å². The first kappa shape index (κ1) is 24.3. The van der Waals surface area contributed by atoms with E-state index in [1.165, 1.54) is 11.1 Å². The lowest BCUT2D eigenvalue weighted by Gasteiger charge is -2.49. The van der Waals surface area contributed by atoms with Gasteiger partial charge in [-0.1, -0.05) is 54.1 Å². The van der Waals surface area contributed by atoms with Gasteiger partial charge in [-0.05, 0) is 47.7 Å². The normalized spacial score (nSPS) is 19.3. The number of nitro benzene ring substituents is 1. The number of anilines is 1. The summed E-state index contributed by atoms with van der Waals surface area (Å²) in [6, 6.07) is 23.0. The maximum absolute atomic E-state index is 13.5. The van der Waals surface area contributed by atoms with E-state index in [4.69, 9.17) is 11.6 Å². The Morgan fingerprint density at radius 1 is 1.03 bits per heavy atom. The molecule has 1 fully saturated rings. The third kappa shape index (κ3) is 5.37. The summed E-state index contributed by atoms with van der Waals surface area (Å²) in [7, 11) is 0. The molecule has 0 saturated carbocycles. The highest BCUT2D eigenvalue weighted by atomic mass is 35.5. The molecule has 2 heterocycles. The molecule has 0 unspecified atom stereocenters. The Labute approximate surface area is 215 Å². The molecule has 186 valence electrons. The molecule has 0 spiro atoms. The Balaban J connectivity index is 1.35. The van der Waals surface area contributed by atoms with Gasteiger partial charge >= 0.3 is 0 Å². The number of nitro groups is 1. The van der Waals surface area contributed by atoms with E-state index in [2.05, 4.69) is 27.2 Å². The lowest BCUT2D eigenvalue weighted by atomic mass is 9.83. The number of non-ortho nitro benzene ring substituents is 1. The number of fused-ring (bicyclic) bond motifs is 3. The van der Waals surface area contributed by atoms with Gasteiger partial charge in [-0.3, -0.25) is 19.8 Å². The summed E-state index contributed by atoms with van der Waals surface area (Å²) >= 11 is 6.05. The van der Waals surface area contributed by atoms with E-state index in [0.29, 0.717) is 18.0 Å². The van der Waals surface area contributed by atoms with Crippen molar-refractivity contribution in [2.45, 2.75) is 25.4 Å². The van der Waals surface area contributed by atoms with Crippen LogP contribution in [0.2, 0.25) is 5.02 Å². The first-order chi connectivity index (χ1) is 17.5. The summed E-state index contributed by atoms with van der Waals surface area (Å²) in [5, 5.41) is 15.3. The molecule has 36 heavy (non-hydrogen) atoms. The van der Waals surface area contributed by atoms with Gasteiger partial charge in [-0.15, -0.1) is 0 Å². The van der Waals surface area contributed by atoms with Crippen LogP contribution in [-0.2, 0) is 24.2 Å². The lowest BCUT2D eigenvalue weighted by molar-refractivity contribution is -0.384. The second-order valence-corrected chi connectivity index (χ2v) is 9.97. The number of halogens is 1. The zero-order chi connectivity index (χ0) is 25.1. The van der Waals surface area contributed by atoms with E-state index in [9.17, 15) is 14.9 Å². The predicted octanol–water partition coefficient (Wildman–Crippen LogP) is 4.47. The van der Waals surface area contributed by atoms with Crippen LogP contribution in [0.1, 0.15) is 16.7 Å². The van der Waals surface area contributed by atoms with Crippen LogP contribution in [0.15, 0.2) is 72.8 Å². The minimum atomic E-state index is -0.370. The third-order valence-corrected chi connectivity index (χ3v) is 7.45. The molecule has 1 amide bonds. The highest BCUT2D eigenvalue weighted by molar-refractivity contribution is 6.30. The predicted molar refractivity (Wildman–Crippen MR) is 141 cm³/mol. The number of nitrogens with zero attached hydrogens (tertiary/aromatic N) is 3. The third-order valence-electron chi connectivity index (χ3n) is 7.20. The molecule has 0 radical (unpaired) electrons. The average Bonchev–Trinajstić information content (AvgIpc) is 2.89. The fourth-order valence-electron chi connectivity index (χ4n) is 5.38. The van der Waals surface area contributed by atoms with Crippen LogP contribution in [0.25, 0.3) is 0 Å². The van der Waals surface area contributed by atoms with Crippen LogP contribution in [0, 0.1) is 16.0 Å². The highest BCUT2D eigenvalue weighted by Gasteiger charge is 2.41. The largest absolute Gasteiger partial charge is 0.365 e. The number of carbonyl (C=O) groups is 1. The molecule has 1 saturated heterocycles. The Hall–Kier alpha value is -3.42. The Morgan fingerprint density at radius 3 is 2.56 bits per heavy atom. The molecular formula is C28H29ClN4O3. The number of hydrogen-bond donors (Lipinski definition) is 1. The summed E-state index contributed by atoms with van der Waals surface area (Å²) < 4.78 is 0. The van der Waals surface area contributed by atoms with Gasteiger partial charge in [0.2, 0.25) is 5.91 Å². The number of rotatable bonds is 7. The summed E-state index contributed by atoms with van der Waals surface area (Å²) in [6.45, 7) is 3.70. The van der Waals surface area contributed by atoms with Crippen molar-refractivity contribution in [2.24, 2.45) is 5.92 Å². The van der Waals surface area contributed by atoms with E-state index in [1.807, 2.05) is 48.5 Å². The summed E-state index contributed by atoms with van der Waals surface area (Å²) in [4.78, 5) is 29.2. The molecule has 0 aromatic heterocycles. The monoisotopic (exact) mass is 504 g/mol. The Bertz CT molecular complexity index is 1240. The van der Waals surface area contributed by atoms with Crippen LogP contribution in [0.4, 0.5) is 11.4 Å². The minimum absolute atomic E-state index is 0.00303. The fourth-order valence-corrected chi connectivity index (χ4v) is 5.51. The van der Waals surface area contributed by atoms with Gasteiger partial charge in [0.1, 0.15) is 0 Å². The van der Waals surface area contributed by atoms with Crippen molar-refractivity contribution < 1.29 is 9.72 Å². The maximum Gasteiger partial charge on any atom is 0.269 e. The van der Waals surface area contributed by atoms with Crippen molar-refractivity contribution in [1.82, 2.24) is 10.2 Å². The van der Waals surface area contributed by atoms with Gasteiger partial charge in [0.15, 0.2) is 0 Å². The number of benzene rings is 3. The van der Waals surface area contributed by atoms with Crippen molar-refractivity contribution in [3.8, 4) is 0 Å². The zero-order valence-corrected chi connectivity index (χ0v) is 20.7.